The Balaban J connectivity index is 1.65. The summed E-state index contributed by atoms with van der Waals surface area (Å²) in [6, 6.07) is 10.5. The van der Waals surface area contributed by atoms with E-state index in [1.807, 2.05) is 0 Å². The molecule has 1 atom stereocenters. The minimum absolute atomic E-state index is 0.0320. The van der Waals surface area contributed by atoms with Gasteiger partial charge in [0.15, 0.2) is 0 Å². The summed E-state index contributed by atoms with van der Waals surface area (Å²) in [6.45, 7) is 0.0716. The van der Waals surface area contributed by atoms with Crippen molar-refractivity contribution in [3.8, 4) is 0 Å². The Kier molecular flexibility index (Phi) is 5.45. The van der Waals surface area contributed by atoms with E-state index in [1.165, 1.54) is 23.1 Å². The molecule has 9 nitrogen and oxygen atoms in total. The van der Waals surface area contributed by atoms with Gasteiger partial charge in [0.1, 0.15) is 11.9 Å². The van der Waals surface area contributed by atoms with Gasteiger partial charge in [-0.05, 0) is 42.5 Å². The molecule has 0 radical (unpaired) electrons. The van der Waals surface area contributed by atoms with Crippen LogP contribution in [0.1, 0.15) is 5.56 Å². The number of hydrogen-bond donors (Lipinski definition) is 4. The highest BCUT2D eigenvalue weighted by Crippen LogP contribution is 2.24. The number of nitrogens with zero attached hydrogens (tertiary/aromatic N) is 1. The van der Waals surface area contributed by atoms with Crippen molar-refractivity contribution in [3.63, 3.8) is 0 Å². The number of carbonyl (C=O) groups is 1. The maximum absolute atomic E-state index is 12.4. The van der Waals surface area contributed by atoms with E-state index in [0.29, 0.717) is 11.3 Å². The lowest BCUT2D eigenvalue weighted by Crippen LogP contribution is -2.34. The Hall–Kier alpha value is -2.82. The zero-order valence-corrected chi connectivity index (χ0v) is 16.1. The fourth-order valence-corrected chi connectivity index (χ4v) is 3.85. The van der Waals surface area contributed by atoms with Crippen molar-refractivity contribution in [2.45, 2.75) is 11.0 Å². The number of carbonyl (C=O) groups excluding carboxylic acids is 1. The summed E-state index contributed by atoms with van der Waals surface area (Å²) < 4.78 is 32.4. The summed E-state index contributed by atoms with van der Waals surface area (Å²) in [5.41, 5.74) is 12.3. The molecule has 2 aromatic carbocycles. The molecule has 148 valence electrons. The summed E-state index contributed by atoms with van der Waals surface area (Å²) in [7, 11) is -3.84. The number of benzene rings is 2. The molecule has 0 saturated carbocycles. The Bertz CT molecular complexity index is 1030. The molecular formula is C17H18ClN5O4S. The first-order chi connectivity index (χ1) is 13.2. The molecule has 11 heteroatoms. The highest BCUT2D eigenvalue weighted by molar-refractivity contribution is 7.89. The van der Waals surface area contributed by atoms with Gasteiger partial charge in [-0.15, -0.1) is 0 Å². The van der Waals surface area contributed by atoms with Crippen LogP contribution >= 0.6 is 11.6 Å². The average Bonchev–Trinajstić information content (AvgIpc) is 3.03. The summed E-state index contributed by atoms with van der Waals surface area (Å²) in [4.78, 5) is 13.5. The highest BCUT2D eigenvalue weighted by Gasteiger charge is 2.33. The normalized spacial score (nSPS) is 16.8. The van der Waals surface area contributed by atoms with Crippen molar-refractivity contribution in [1.29, 1.82) is 5.41 Å². The van der Waals surface area contributed by atoms with Crippen LogP contribution in [-0.4, -0.2) is 39.5 Å². The van der Waals surface area contributed by atoms with Crippen molar-refractivity contribution in [3.05, 3.63) is 53.1 Å². The van der Waals surface area contributed by atoms with E-state index < -0.39 is 22.2 Å². The van der Waals surface area contributed by atoms with Crippen molar-refractivity contribution >= 4 is 44.9 Å². The number of nitrogens with one attached hydrogen (secondary N) is 2. The summed E-state index contributed by atoms with van der Waals surface area (Å²) in [5.74, 6) is -0.0781. The maximum Gasteiger partial charge on any atom is 0.414 e. The van der Waals surface area contributed by atoms with Crippen LogP contribution in [0.25, 0.3) is 0 Å². The molecule has 0 aliphatic carbocycles. The molecule has 1 unspecified atom stereocenters. The fourth-order valence-electron chi connectivity index (χ4n) is 2.63. The molecule has 0 aromatic heterocycles. The Morgan fingerprint density at radius 2 is 1.96 bits per heavy atom. The lowest BCUT2D eigenvalue weighted by Gasteiger charge is -2.14. The molecule has 28 heavy (non-hydrogen) atoms. The maximum atomic E-state index is 12.4. The SMILES string of the molecule is N=C(N)c1ccc(N2CC(CNS(=O)(=O)c3ccc(Cl)c(N)c3)OC2=O)cc1. The number of cyclic esters (lactones) is 1. The van der Waals surface area contributed by atoms with Crippen LogP contribution in [-0.2, 0) is 14.8 Å². The van der Waals surface area contributed by atoms with Crippen LogP contribution in [0.3, 0.4) is 0 Å². The third kappa shape index (κ3) is 4.19. The van der Waals surface area contributed by atoms with Crippen LogP contribution < -0.4 is 21.1 Å². The number of rotatable bonds is 6. The largest absolute Gasteiger partial charge is 0.443 e. The number of amidine groups is 1. The molecule has 1 fully saturated rings. The monoisotopic (exact) mass is 423 g/mol. The molecule has 1 saturated heterocycles. The summed E-state index contributed by atoms with van der Waals surface area (Å²) in [6.07, 6.45) is -1.25. The van der Waals surface area contributed by atoms with E-state index in [-0.39, 0.29) is 34.5 Å². The number of amides is 1. The predicted octanol–water partition coefficient (Wildman–Crippen LogP) is 1.51. The zero-order chi connectivity index (χ0) is 20.5. The van der Waals surface area contributed by atoms with Crippen molar-refractivity contribution in [2.24, 2.45) is 5.73 Å². The summed E-state index contributed by atoms with van der Waals surface area (Å²) in [5, 5.41) is 7.65. The molecular weight excluding hydrogens is 406 g/mol. The molecule has 2 aromatic rings. The van der Waals surface area contributed by atoms with Crippen LogP contribution in [0.4, 0.5) is 16.2 Å². The molecule has 0 bridgehead atoms. The first-order valence-corrected chi connectivity index (χ1v) is 10.0. The van der Waals surface area contributed by atoms with Crippen molar-refractivity contribution in [2.75, 3.05) is 23.7 Å². The quantitative estimate of drug-likeness (QED) is 0.314. The van der Waals surface area contributed by atoms with E-state index in [9.17, 15) is 13.2 Å². The van der Waals surface area contributed by atoms with Gasteiger partial charge in [-0.2, -0.15) is 0 Å². The Morgan fingerprint density at radius 1 is 1.29 bits per heavy atom. The van der Waals surface area contributed by atoms with Crippen molar-refractivity contribution in [1.82, 2.24) is 4.72 Å². The minimum Gasteiger partial charge on any atom is -0.443 e. The number of ether oxygens (including phenoxy) is 1. The van der Waals surface area contributed by atoms with Gasteiger partial charge in [-0.25, -0.2) is 17.9 Å². The molecule has 1 amide bonds. The molecule has 1 aliphatic rings. The number of anilines is 2. The summed E-state index contributed by atoms with van der Waals surface area (Å²) >= 11 is 5.81. The Morgan fingerprint density at radius 3 is 2.57 bits per heavy atom. The number of sulfonamides is 1. The van der Waals surface area contributed by atoms with E-state index in [4.69, 9.17) is 33.2 Å². The third-order valence-electron chi connectivity index (χ3n) is 4.14. The standard InChI is InChI=1S/C17H18ClN5O4S/c18-14-6-5-13(7-15(14)19)28(25,26)22-8-12-9-23(17(24)27-12)11-3-1-10(2-4-11)16(20)21/h1-7,12,22H,8-9,19H2,(H3,20,21). The Labute approximate surface area is 166 Å². The number of hydrogen-bond acceptors (Lipinski definition) is 6. The van der Waals surface area contributed by atoms with E-state index in [0.717, 1.165) is 0 Å². The molecule has 1 aliphatic heterocycles. The van der Waals surface area contributed by atoms with Gasteiger partial charge in [0.25, 0.3) is 0 Å². The molecule has 1 heterocycles. The fraction of sp³-hybridized carbons (Fsp3) is 0.176. The van der Waals surface area contributed by atoms with Gasteiger partial charge in [-0.3, -0.25) is 10.3 Å². The molecule has 3 rings (SSSR count). The number of halogens is 1. The van der Waals surface area contributed by atoms with Gasteiger partial charge in [0, 0.05) is 17.8 Å². The van der Waals surface area contributed by atoms with Gasteiger partial charge < -0.3 is 16.2 Å². The minimum atomic E-state index is -3.84. The predicted molar refractivity (Wildman–Crippen MR) is 106 cm³/mol. The van der Waals surface area contributed by atoms with Gasteiger partial charge in [0.05, 0.1) is 22.2 Å². The second-order valence-corrected chi connectivity index (χ2v) is 8.29. The second kappa shape index (κ2) is 7.66. The van der Waals surface area contributed by atoms with Crippen LogP contribution in [0.5, 0.6) is 0 Å². The van der Waals surface area contributed by atoms with Gasteiger partial charge >= 0.3 is 6.09 Å². The van der Waals surface area contributed by atoms with Crippen LogP contribution in [0, 0.1) is 5.41 Å². The first kappa shape index (κ1) is 19.9. The van der Waals surface area contributed by atoms with Crippen LogP contribution in [0.15, 0.2) is 47.4 Å². The number of nitrogen functional groups attached to an aromatic ring is 2. The van der Waals surface area contributed by atoms with Crippen molar-refractivity contribution < 1.29 is 17.9 Å². The zero-order valence-electron chi connectivity index (χ0n) is 14.6. The van der Waals surface area contributed by atoms with E-state index in [2.05, 4.69) is 4.72 Å². The smallest absolute Gasteiger partial charge is 0.414 e. The number of nitrogens with two attached hydrogens (primary N) is 2. The lowest BCUT2D eigenvalue weighted by molar-refractivity contribution is 0.143. The third-order valence-corrected chi connectivity index (χ3v) is 5.91. The van der Waals surface area contributed by atoms with Gasteiger partial charge in [0.2, 0.25) is 10.0 Å². The first-order valence-electron chi connectivity index (χ1n) is 8.14. The second-order valence-electron chi connectivity index (χ2n) is 6.11. The van der Waals surface area contributed by atoms with E-state index in [1.54, 1.807) is 24.3 Å². The van der Waals surface area contributed by atoms with Crippen LogP contribution in [0.2, 0.25) is 5.02 Å². The average molecular weight is 424 g/mol. The topological polar surface area (TPSA) is 152 Å². The van der Waals surface area contributed by atoms with E-state index >= 15 is 0 Å². The highest BCUT2D eigenvalue weighted by atomic mass is 35.5. The molecule has 6 N–H and O–H groups in total. The van der Waals surface area contributed by atoms with Gasteiger partial charge in [-0.1, -0.05) is 11.6 Å². The lowest BCUT2D eigenvalue weighted by atomic mass is 10.2. The molecule has 0 spiro atoms.